The van der Waals surface area contributed by atoms with Crippen LogP contribution in [0.15, 0.2) is 146 Å². The van der Waals surface area contributed by atoms with Gasteiger partial charge >= 0.3 is 20.1 Å². The second-order valence-electron chi connectivity index (χ2n) is 18.6. The molecule has 3 aromatic heterocycles. The molecule has 66 heavy (non-hydrogen) atoms. The molecule has 0 saturated heterocycles. The van der Waals surface area contributed by atoms with Crippen molar-refractivity contribution < 1.29 is 27.0 Å². The second kappa shape index (κ2) is 20.8. The summed E-state index contributed by atoms with van der Waals surface area (Å²) in [5.41, 5.74) is 13.1. The van der Waals surface area contributed by atoms with E-state index in [1.54, 1.807) is 0 Å². The third-order valence-electron chi connectivity index (χ3n) is 13.3. The molecule has 0 amide bonds. The summed E-state index contributed by atoms with van der Waals surface area (Å²) in [5.74, 6) is -0.795. The normalized spacial score (nSPS) is 14.2. The van der Waals surface area contributed by atoms with Crippen molar-refractivity contribution in [3.63, 3.8) is 0 Å². The van der Waals surface area contributed by atoms with Gasteiger partial charge in [-0.05, 0) is 153 Å². The van der Waals surface area contributed by atoms with Crippen molar-refractivity contribution >= 4 is 0 Å². The molecular formula is C62H62IrN3. The Balaban J connectivity index is 0.00000741. The van der Waals surface area contributed by atoms with Crippen molar-refractivity contribution in [3.8, 4) is 44.9 Å². The van der Waals surface area contributed by atoms with Crippen molar-refractivity contribution in [1.82, 2.24) is 15.0 Å². The number of aryl methyl sites for hydroxylation is 1. The summed E-state index contributed by atoms with van der Waals surface area (Å²) < 4.78 is 49.7. The quantitative estimate of drug-likeness (QED) is 0.0961. The fourth-order valence-electron chi connectivity index (χ4n) is 8.91. The Kier molecular flexibility index (Phi) is 13.1. The maximum absolute atomic E-state index is 10.3. The standard InChI is InChI=1S/C62H62N3.Ir/c1-10-42(2)46-26-28-47(29-27-46)55-36-60(50-24-18-13-19-25-50)63-39-51(55)30-33-54-43(3)56(37-61(6,7)52-31-34-58(64-40-52)48-20-14-11-15-21-48)45(5)57(44(54)4)38-62(8,9)53-32-35-59(65-41-53)49-22-16-12-17-23-49;/h11-20,22,24,26-29,31-32,34-36,39-42H,10,30,33,37-38H2,1-9H3;/q-3;+3/i30D2,33D2,42D;. The average molecular weight is 1050 g/mol. The van der Waals surface area contributed by atoms with E-state index in [1.807, 2.05) is 155 Å². The summed E-state index contributed by atoms with van der Waals surface area (Å²) in [4.78, 5) is 14.6. The molecule has 8 rings (SSSR count). The summed E-state index contributed by atoms with van der Waals surface area (Å²) in [6.45, 7) is 18.8. The minimum atomic E-state index is -2.59. The van der Waals surface area contributed by atoms with E-state index in [-0.39, 0.29) is 25.7 Å². The molecule has 334 valence electrons. The van der Waals surface area contributed by atoms with Crippen molar-refractivity contribution in [1.29, 1.82) is 0 Å². The maximum Gasteiger partial charge on any atom is 3.00 e. The van der Waals surface area contributed by atoms with Gasteiger partial charge in [-0.25, -0.2) is 0 Å². The third kappa shape index (κ3) is 10.6. The largest absolute Gasteiger partial charge is 3.00 e. The van der Waals surface area contributed by atoms with Crippen LogP contribution in [0.1, 0.15) is 116 Å². The van der Waals surface area contributed by atoms with E-state index in [0.717, 1.165) is 72.6 Å². The number of rotatable bonds is 15. The zero-order valence-electron chi connectivity index (χ0n) is 44.7. The molecule has 4 heteroatoms. The zero-order chi connectivity index (χ0) is 50.2. The van der Waals surface area contributed by atoms with Gasteiger partial charge in [0.25, 0.3) is 0 Å². The van der Waals surface area contributed by atoms with Crippen molar-refractivity contribution in [3.05, 3.63) is 220 Å². The summed E-state index contributed by atoms with van der Waals surface area (Å²) in [5, 5.41) is 0. The molecule has 0 spiro atoms. The summed E-state index contributed by atoms with van der Waals surface area (Å²) in [7, 11) is 0. The molecule has 0 N–H and O–H groups in total. The number of hydrogen-bond acceptors (Lipinski definition) is 3. The van der Waals surface area contributed by atoms with Gasteiger partial charge in [0.05, 0.1) is 0 Å². The van der Waals surface area contributed by atoms with E-state index in [9.17, 15) is 5.48 Å². The van der Waals surface area contributed by atoms with Gasteiger partial charge in [-0.1, -0.05) is 96.1 Å². The topological polar surface area (TPSA) is 38.7 Å². The molecule has 1 atom stereocenters. The second-order valence-corrected chi connectivity index (χ2v) is 18.6. The molecule has 5 aromatic carbocycles. The molecular weight excluding hydrogens is 979 g/mol. The first kappa shape index (κ1) is 41.6. The Labute approximate surface area is 415 Å². The Bertz CT molecular complexity index is 2970. The molecule has 1 unspecified atom stereocenters. The van der Waals surface area contributed by atoms with E-state index in [1.165, 1.54) is 6.20 Å². The van der Waals surface area contributed by atoms with Crippen LogP contribution in [0.5, 0.6) is 0 Å². The number of nitrogens with zero attached hydrogens (tertiary/aromatic N) is 3. The minimum Gasteiger partial charge on any atom is -0.304 e. The van der Waals surface area contributed by atoms with Crippen LogP contribution < -0.4 is 0 Å². The molecule has 3 nitrogen and oxygen atoms in total. The van der Waals surface area contributed by atoms with Crippen LogP contribution in [0.2, 0.25) is 0 Å². The van der Waals surface area contributed by atoms with Gasteiger partial charge < -0.3 is 15.0 Å². The molecule has 0 fully saturated rings. The van der Waals surface area contributed by atoms with Crippen LogP contribution in [-0.4, -0.2) is 15.0 Å². The Morgan fingerprint density at radius 3 is 1.44 bits per heavy atom. The van der Waals surface area contributed by atoms with E-state index in [0.29, 0.717) is 41.6 Å². The van der Waals surface area contributed by atoms with Gasteiger partial charge in [0.2, 0.25) is 0 Å². The van der Waals surface area contributed by atoms with E-state index < -0.39 is 29.5 Å². The van der Waals surface area contributed by atoms with Gasteiger partial charge in [-0.3, -0.25) is 0 Å². The number of hydrogen-bond donors (Lipinski definition) is 0. The van der Waals surface area contributed by atoms with E-state index in [2.05, 4.69) is 65.0 Å². The first-order valence-electron chi connectivity index (χ1n) is 25.2. The van der Waals surface area contributed by atoms with Crippen LogP contribution >= 0.6 is 0 Å². The van der Waals surface area contributed by atoms with Gasteiger partial charge in [-0.2, -0.15) is 0 Å². The number of pyridine rings is 3. The Hall–Kier alpha value is -5.80. The van der Waals surface area contributed by atoms with Gasteiger partial charge in [0.1, 0.15) is 0 Å². The monoisotopic (exact) mass is 1050 g/mol. The van der Waals surface area contributed by atoms with Gasteiger partial charge in [0, 0.05) is 25.4 Å². The minimum absolute atomic E-state index is 0. The molecule has 3 heterocycles. The number of benzene rings is 5. The summed E-state index contributed by atoms with van der Waals surface area (Å²) in [6.07, 6.45) is 1.98. The first-order chi connectivity index (χ1) is 33.2. The molecule has 0 radical (unpaired) electrons. The first-order valence-corrected chi connectivity index (χ1v) is 22.7. The molecule has 0 saturated carbocycles. The predicted molar refractivity (Wildman–Crippen MR) is 271 cm³/mol. The average Bonchev–Trinajstić information content (AvgIpc) is 3.37. The maximum atomic E-state index is 10.3. The molecule has 0 aliphatic heterocycles. The molecule has 0 bridgehead atoms. The van der Waals surface area contributed by atoms with Crippen LogP contribution in [0.4, 0.5) is 0 Å². The fourth-order valence-corrected chi connectivity index (χ4v) is 8.91. The molecule has 0 aliphatic rings. The van der Waals surface area contributed by atoms with Gasteiger partial charge in [0.15, 0.2) is 0 Å². The van der Waals surface area contributed by atoms with Crippen LogP contribution in [-0.2, 0) is 56.5 Å². The van der Waals surface area contributed by atoms with Crippen LogP contribution in [0, 0.1) is 39.0 Å². The molecule has 8 aromatic rings. The van der Waals surface area contributed by atoms with Crippen molar-refractivity contribution in [2.45, 2.75) is 111 Å². The zero-order valence-corrected chi connectivity index (χ0v) is 42.0. The summed E-state index contributed by atoms with van der Waals surface area (Å²) in [6, 6.07) is 50.9. The smallest absolute Gasteiger partial charge is 0.304 e. The Morgan fingerprint density at radius 2 is 1.02 bits per heavy atom. The predicted octanol–water partition coefficient (Wildman–Crippen LogP) is 15.2. The van der Waals surface area contributed by atoms with Crippen molar-refractivity contribution in [2.75, 3.05) is 0 Å². The third-order valence-corrected chi connectivity index (χ3v) is 13.3. The van der Waals surface area contributed by atoms with Crippen molar-refractivity contribution in [2.24, 2.45) is 0 Å². The van der Waals surface area contributed by atoms with Crippen LogP contribution in [0.25, 0.3) is 44.9 Å². The summed E-state index contributed by atoms with van der Waals surface area (Å²) >= 11 is 0. The van der Waals surface area contributed by atoms with Crippen LogP contribution in [0.3, 0.4) is 0 Å². The van der Waals surface area contributed by atoms with E-state index >= 15 is 0 Å². The Morgan fingerprint density at radius 1 is 0.561 bits per heavy atom. The molecule has 0 aliphatic carbocycles. The van der Waals surface area contributed by atoms with Gasteiger partial charge in [-0.15, -0.1) is 108 Å². The fraction of sp³-hybridized carbons (Fsp3) is 0.274. The SMILES string of the molecule is [2H]C(C)(CC)c1ccc(-c2cc(-c3[c-]cccc3)ncc2C([2H])([2H])C([2H])([2H])c2c(C)c(CC(C)(C)c3ccc(-c4[c-]cccc4)nc3)c(C)c(CC(C)(C)c3ccc(-c4[c-]cccc4)nc3)c2C)cc1.[Ir+3]. The van der Waals surface area contributed by atoms with E-state index in [4.69, 9.17) is 16.3 Å². The number of aromatic nitrogens is 3.